The summed E-state index contributed by atoms with van der Waals surface area (Å²) in [6.07, 6.45) is -5.86. The van der Waals surface area contributed by atoms with Crippen LogP contribution in [0.5, 0.6) is 0 Å². The van der Waals surface area contributed by atoms with E-state index in [-0.39, 0.29) is 44.1 Å². The number of ether oxygens (including phenoxy) is 3. The second-order valence-electron chi connectivity index (χ2n) is 11.8. The van der Waals surface area contributed by atoms with Crippen molar-refractivity contribution in [2.24, 2.45) is 17.6 Å². The van der Waals surface area contributed by atoms with Crippen LogP contribution < -0.4 is 16.4 Å². The minimum Gasteiger partial charge on any atom is -0.481 e. The molecule has 0 aromatic carbocycles. The fourth-order valence-corrected chi connectivity index (χ4v) is 4.78. The van der Waals surface area contributed by atoms with E-state index in [2.05, 4.69) is 10.6 Å². The van der Waals surface area contributed by atoms with Crippen molar-refractivity contribution >= 4 is 12.0 Å². The fraction of sp³-hybridized carbons (Fsp3) is 0.852. The maximum absolute atomic E-state index is 12.6. The fourth-order valence-electron chi connectivity index (χ4n) is 4.78. The van der Waals surface area contributed by atoms with Gasteiger partial charge in [0.25, 0.3) is 0 Å². The highest BCUT2D eigenvalue weighted by Crippen LogP contribution is 2.35. The number of hydrogen-bond donors (Lipinski definition) is 9. The Labute approximate surface area is 240 Å². The zero-order chi connectivity index (χ0) is 31.1. The molecule has 2 saturated heterocycles. The number of hydrogen-bond acceptors (Lipinski definition) is 11. The average molecular weight is 592 g/mol. The Morgan fingerprint density at radius 1 is 1.15 bits per heavy atom. The van der Waals surface area contributed by atoms with Gasteiger partial charge in [0.05, 0.1) is 55.1 Å². The standard InChI is InChI=1S/C27H49N3O11/c1-13(2)6-7-16(40-25-24(36)21(28)23(35)15(5)39-25)10-19-22(30-26(37)29-9-8-20(33)34)18(32)12-27(38,41-19)11-17(31)14(3)4/h6-7,13-19,21-25,31-32,35-36,38H,8-12,28H2,1-5H3,(H,33,34)(H2,29,30,37)/b7-6+/t15?,16-,17+,18-,19-,21?,22+,23?,24?,25?,27+/m0/s1. The zero-order valence-corrected chi connectivity index (χ0v) is 24.4. The number of carbonyl (C=O) groups excluding carboxylic acids is 1. The van der Waals surface area contributed by atoms with Crippen molar-refractivity contribution in [1.29, 1.82) is 0 Å². The average Bonchev–Trinajstić information content (AvgIpc) is 2.86. The molecule has 0 spiro atoms. The summed E-state index contributed by atoms with van der Waals surface area (Å²) < 4.78 is 17.8. The van der Waals surface area contributed by atoms with Crippen molar-refractivity contribution in [3.05, 3.63) is 12.2 Å². The number of nitrogens with two attached hydrogens (primary N) is 1. The molecule has 14 nitrogen and oxygen atoms in total. The third kappa shape index (κ3) is 10.7. The Balaban J connectivity index is 2.32. The van der Waals surface area contributed by atoms with Crippen molar-refractivity contribution in [2.75, 3.05) is 6.54 Å². The molecule has 5 unspecified atom stereocenters. The molecule has 2 rings (SSSR count). The highest BCUT2D eigenvalue weighted by molar-refractivity contribution is 5.75. The molecule has 10 N–H and O–H groups in total. The zero-order valence-electron chi connectivity index (χ0n) is 24.4. The van der Waals surface area contributed by atoms with Gasteiger partial charge in [0.15, 0.2) is 12.1 Å². The van der Waals surface area contributed by atoms with Gasteiger partial charge in [-0.15, -0.1) is 0 Å². The van der Waals surface area contributed by atoms with Crippen LogP contribution in [-0.4, -0.2) is 116 Å². The summed E-state index contributed by atoms with van der Waals surface area (Å²) >= 11 is 0. The Bertz CT molecular complexity index is 875. The first kappa shape index (κ1) is 35.3. The molecular weight excluding hydrogens is 542 g/mol. The summed E-state index contributed by atoms with van der Waals surface area (Å²) in [4.78, 5) is 23.4. The minimum atomic E-state index is -1.93. The maximum Gasteiger partial charge on any atom is 0.315 e. The second kappa shape index (κ2) is 15.5. The Morgan fingerprint density at radius 3 is 2.39 bits per heavy atom. The molecule has 2 heterocycles. The van der Waals surface area contributed by atoms with Crippen molar-refractivity contribution in [1.82, 2.24) is 10.6 Å². The monoisotopic (exact) mass is 591 g/mol. The van der Waals surface area contributed by atoms with E-state index < -0.39 is 78.9 Å². The normalized spacial score (nSPS) is 35.9. The lowest BCUT2D eigenvalue weighted by Crippen LogP contribution is -2.64. The van der Waals surface area contributed by atoms with Gasteiger partial charge in [-0.25, -0.2) is 4.79 Å². The Kier molecular flexibility index (Phi) is 13.4. The van der Waals surface area contributed by atoms with E-state index in [1.165, 1.54) is 0 Å². The van der Waals surface area contributed by atoms with E-state index in [0.717, 1.165) is 0 Å². The van der Waals surface area contributed by atoms with Crippen LogP contribution in [0.1, 0.15) is 60.3 Å². The van der Waals surface area contributed by atoms with Gasteiger partial charge in [-0.05, 0) is 18.8 Å². The number of urea groups is 1. The van der Waals surface area contributed by atoms with E-state index >= 15 is 0 Å². The Hall–Kier alpha value is -1.88. The molecule has 2 aliphatic heterocycles. The minimum absolute atomic E-state index is 0.0425. The number of aliphatic hydroxyl groups excluding tert-OH is 4. The summed E-state index contributed by atoms with van der Waals surface area (Å²) in [5, 5.41) is 67.4. The number of allylic oxidation sites excluding steroid dienone is 1. The van der Waals surface area contributed by atoms with Crippen LogP contribution in [-0.2, 0) is 19.0 Å². The molecule has 0 radical (unpaired) electrons. The van der Waals surface area contributed by atoms with Gasteiger partial charge in [-0.2, -0.15) is 0 Å². The first-order valence-corrected chi connectivity index (χ1v) is 14.2. The van der Waals surface area contributed by atoms with Gasteiger partial charge in [-0.1, -0.05) is 39.8 Å². The molecule has 14 heteroatoms. The molecule has 238 valence electrons. The predicted octanol–water partition coefficient (Wildman–Crippen LogP) is -0.844. The van der Waals surface area contributed by atoms with Gasteiger partial charge >= 0.3 is 12.0 Å². The van der Waals surface area contributed by atoms with Gasteiger partial charge in [0, 0.05) is 25.8 Å². The molecule has 41 heavy (non-hydrogen) atoms. The van der Waals surface area contributed by atoms with Crippen LogP contribution in [0.4, 0.5) is 4.79 Å². The second-order valence-corrected chi connectivity index (χ2v) is 11.8. The van der Waals surface area contributed by atoms with Crippen molar-refractivity contribution in [2.45, 2.75) is 127 Å². The molecule has 0 aromatic heterocycles. The molecular formula is C27H49N3O11. The number of aliphatic carboxylic acids is 1. The molecule has 0 bridgehead atoms. The van der Waals surface area contributed by atoms with Gasteiger partial charge in [-0.3, -0.25) is 4.79 Å². The molecule has 11 atom stereocenters. The van der Waals surface area contributed by atoms with Crippen molar-refractivity contribution in [3.8, 4) is 0 Å². The van der Waals surface area contributed by atoms with E-state index in [4.69, 9.17) is 25.1 Å². The lowest BCUT2D eigenvalue weighted by molar-refractivity contribution is -0.303. The number of aliphatic hydroxyl groups is 5. The van der Waals surface area contributed by atoms with E-state index in [1.54, 1.807) is 26.8 Å². The topological polar surface area (TPSA) is 233 Å². The SMILES string of the molecule is CC(C)/C=C/[C@@H](C[C@@H]1O[C@](O)(C[C@@H](O)C(C)C)C[C@H](O)[C@H]1NC(=O)NCCC(=O)O)OC1OC(C)C(O)C(N)C1O. The number of carboxylic acid groups (broad SMARTS) is 1. The van der Waals surface area contributed by atoms with Crippen molar-refractivity contribution < 1.29 is 54.4 Å². The number of amides is 2. The largest absolute Gasteiger partial charge is 0.481 e. The van der Waals surface area contributed by atoms with Gasteiger partial charge in [0.1, 0.15) is 6.10 Å². The molecule has 2 amide bonds. The smallest absolute Gasteiger partial charge is 0.315 e. The van der Waals surface area contributed by atoms with E-state index in [9.17, 15) is 35.1 Å². The third-order valence-corrected chi connectivity index (χ3v) is 7.32. The van der Waals surface area contributed by atoms with Crippen LogP contribution in [0.15, 0.2) is 12.2 Å². The summed E-state index contributed by atoms with van der Waals surface area (Å²) in [6.45, 7) is 8.86. The number of carbonyl (C=O) groups is 2. The number of rotatable bonds is 13. The first-order valence-electron chi connectivity index (χ1n) is 14.2. The highest BCUT2D eigenvalue weighted by atomic mass is 16.7. The summed E-state index contributed by atoms with van der Waals surface area (Å²) in [5.74, 6) is -3.12. The Morgan fingerprint density at radius 2 is 1.80 bits per heavy atom. The van der Waals surface area contributed by atoms with Crippen molar-refractivity contribution in [3.63, 3.8) is 0 Å². The van der Waals surface area contributed by atoms with E-state index in [0.29, 0.717) is 0 Å². The summed E-state index contributed by atoms with van der Waals surface area (Å²) in [6, 6.07) is -2.83. The van der Waals surface area contributed by atoms with Crippen LogP contribution in [0, 0.1) is 11.8 Å². The third-order valence-electron chi connectivity index (χ3n) is 7.32. The first-order chi connectivity index (χ1) is 19.0. The van der Waals surface area contributed by atoms with Crippen LogP contribution in [0.3, 0.4) is 0 Å². The van der Waals surface area contributed by atoms with E-state index in [1.807, 2.05) is 19.9 Å². The highest BCUT2D eigenvalue weighted by Gasteiger charge is 2.49. The van der Waals surface area contributed by atoms with Crippen LogP contribution in [0.25, 0.3) is 0 Å². The molecule has 0 saturated carbocycles. The van der Waals surface area contributed by atoms with Crippen LogP contribution in [0.2, 0.25) is 0 Å². The molecule has 0 aliphatic carbocycles. The van der Waals surface area contributed by atoms with Crippen LogP contribution >= 0.6 is 0 Å². The molecule has 2 fully saturated rings. The van der Waals surface area contributed by atoms with Gasteiger partial charge in [0.2, 0.25) is 0 Å². The maximum atomic E-state index is 12.6. The lowest BCUT2D eigenvalue weighted by Gasteiger charge is -2.46. The molecule has 2 aliphatic rings. The van der Waals surface area contributed by atoms with Gasteiger partial charge < -0.3 is 61.2 Å². The quantitative estimate of drug-likeness (QED) is 0.119. The summed E-state index contributed by atoms with van der Waals surface area (Å²) in [5.41, 5.74) is 5.96. The molecule has 0 aromatic rings. The summed E-state index contributed by atoms with van der Waals surface area (Å²) in [7, 11) is 0. The lowest BCUT2D eigenvalue weighted by atomic mass is 9.86. The number of nitrogens with one attached hydrogen (secondary N) is 2. The predicted molar refractivity (Wildman–Crippen MR) is 146 cm³/mol. The number of carboxylic acids is 1.